The minimum atomic E-state index is -0.845. The van der Waals surface area contributed by atoms with Gasteiger partial charge in [-0.15, -0.1) is 0 Å². The van der Waals surface area contributed by atoms with Gasteiger partial charge in [-0.05, 0) is 32.2 Å². The van der Waals surface area contributed by atoms with Gasteiger partial charge in [0.15, 0.2) is 0 Å². The van der Waals surface area contributed by atoms with Crippen molar-refractivity contribution in [3.63, 3.8) is 0 Å². The zero-order valence-corrected chi connectivity index (χ0v) is 9.16. The van der Waals surface area contributed by atoms with Gasteiger partial charge >= 0.3 is 5.97 Å². The number of rotatable bonds is 5. The molecular formula is C11H19NO3. The van der Waals surface area contributed by atoms with E-state index in [9.17, 15) is 4.79 Å². The van der Waals surface area contributed by atoms with Gasteiger partial charge in [0.05, 0.1) is 0 Å². The highest BCUT2D eigenvalue weighted by atomic mass is 16.5. The van der Waals surface area contributed by atoms with Gasteiger partial charge in [-0.2, -0.15) is 0 Å². The van der Waals surface area contributed by atoms with Crippen LogP contribution in [0.25, 0.3) is 0 Å². The predicted molar refractivity (Wildman–Crippen MR) is 57.8 cm³/mol. The van der Waals surface area contributed by atoms with Gasteiger partial charge in [0.1, 0.15) is 0 Å². The van der Waals surface area contributed by atoms with Crippen molar-refractivity contribution in [2.24, 2.45) is 5.92 Å². The van der Waals surface area contributed by atoms with E-state index >= 15 is 0 Å². The molecule has 1 aliphatic rings. The molecule has 0 unspecified atom stereocenters. The van der Waals surface area contributed by atoms with Crippen molar-refractivity contribution in [2.75, 3.05) is 26.3 Å². The lowest BCUT2D eigenvalue weighted by atomic mass is 10.0. The molecule has 15 heavy (non-hydrogen) atoms. The Labute approximate surface area is 90.3 Å². The first-order valence-electron chi connectivity index (χ1n) is 5.38. The fourth-order valence-electron chi connectivity index (χ4n) is 1.55. The lowest BCUT2D eigenvalue weighted by molar-refractivity contribution is -0.132. The van der Waals surface area contributed by atoms with Crippen molar-refractivity contribution in [2.45, 2.75) is 19.8 Å². The van der Waals surface area contributed by atoms with Gasteiger partial charge in [-0.3, -0.25) is 0 Å². The first-order valence-corrected chi connectivity index (χ1v) is 5.38. The first-order chi connectivity index (χ1) is 7.20. The van der Waals surface area contributed by atoms with Gasteiger partial charge < -0.3 is 15.2 Å². The Kier molecular flexibility index (Phi) is 5.36. The molecule has 0 saturated carbocycles. The second kappa shape index (κ2) is 6.58. The van der Waals surface area contributed by atoms with E-state index in [1.54, 1.807) is 13.0 Å². The fourth-order valence-corrected chi connectivity index (χ4v) is 1.55. The van der Waals surface area contributed by atoms with E-state index < -0.39 is 5.97 Å². The quantitative estimate of drug-likeness (QED) is 0.529. The number of ether oxygens (including phenoxy) is 1. The Balaban J connectivity index is 2.10. The normalized spacial score (nSPS) is 19.1. The molecule has 4 nitrogen and oxygen atoms in total. The zero-order chi connectivity index (χ0) is 11.1. The van der Waals surface area contributed by atoms with Crippen molar-refractivity contribution >= 4 is 5.97 Å². The molecule has 2 N–H and O–H groups in total. The van der Waals surface area contributed by atoms with E-state index in [1.807, 2.05) is 0 Å². The summed E-state index contributed by atoms with van der Waals surface area (Å²) in [7, 11) is 0. The van der Waals surface area contributed by atoms with Gasteiger partial charge in [0, 0.05) is 25.3 Å². The topological polar surface area (TPSA) is 58.6 Å². The maximum atomic E-state index is 10.5. The van der Waals surface area contributed by atoms with E-state index in [1.165, 1.54) is 0 Å². The summed E-state index contributed by atoms with van der Waals surface area (Å²) in [6, 6.07) is 0. The van der Waals surface area contributed by atoms with Crippen molar-refractivity contribution < 1.29 is 14.6 Å². The molecule has 0 aromatic rings. The van der Waals surface area contributed by atoms with Crippen molar-refractivity contribution in [1.82, 2.24) is 5.32 Å². The molecule has 0 bridgehead atoms. The minimum Gasteiger partial charge on any atom is -0.478 e. The van der Waals surface area contributed by atoms with Crippen LogP contribution in [0.15, 0.2) is 11.6 Å². The monoisotopic (exact) mass is 213 g/mol. The Morgan fingerprint density at radius 2 is 2.20 bits per heavy atom. The van der Waals surface area contributed by atoms with Crippen LogP contribution in [-0.2, 0) is 9.53 Å². The highest BCUT2D eigenvalue weighted by molar-refractivity contribution is 5.85. The number of hydrogen-bond donors (Lipinski definition) is 2. The minimum absolute atomic E-state index is 0.398. The van der Waals surface area contributed by atoms with E-state index in [0.29, 0.717) is 18.0 Å². The van der Waals surface area contributed by atoms with Crippen LogP contribution in [-0.4, -0.2) is 37.4 Å². The van der Waals surface area contributed by atoms with Crippen LogP contribution in [0.2, 0.25) is 0 Å². The van der Waals surface area contributed by atoms with Crippen LogP contribution < -0.4 is 5.32 Å². The molecule has 1 rings (SSSR count). The summed E-state index contributed by atoms with van der Waals surface area (Å²) < 4.78 is 5.26. The summed E-state index contributed by atoms with van der Waals surface area (Å²) >= 11 is 0. The summed E-state index contributed by atoms with van der Waals surface area (Å²) in [6.45, 7) is 4.91. The summed E-state index contributed by atoms with van der Waals surface area (Å²) in [5.74, 6) is -0.167. The van der Waals surface area contributed by atoms with Gasteiger partial charge in [-0.25, -0.2) is 4.79 Å². The lowest BCUT2D eigenvalue weighted by Gasteiger charge is -2.21. The largest absolute Gasteiger partial charge is 0.478 e. The van der Waals surface area contributed by atoms with E-state index in [0.717, 1.165) is 32.6 Å². The van der Waals surface area contributed by atoms with Crippen LogP contribution >= 0.6 is 0 Å². The lowest BCUT2D eigenvalue weighted by Crippen LogP contribution is -2.28. The van der Waals surface area contributed by atoms with Crippen molar-refractivity contribution in [1.29, 1.82) is 0 Å². The van der Waals surface area contributed by atoms with E-state index in [4.69, 9.17) is 9.84 Å². The third kappa shape index (κ3) is 4.95. The van der Waals surface area contributed by atoms with Crippen molar-refractivity contribution in [3.05, 3.63) is 11.6 Å². The SMILES string of the molecule is CC(=CCNCC1CCOCC1)C(=O)O. The van der Waals surface area contributed by atoms with Crippen LogP contribution in [0.1, 0.15) is 19.8 Å². The Hall–Kier alpha value is -0.870. The molecule has 1 aliphatic heterocycles. The molecule has 0 aromatic carbocycles. The molecule has 0 atom stereocenters. The highest BCUT2D eigenvalue weighted by Gasteiger charge is 2.12. The molecule has 0 aliphatic carbocycles. The zero-order valence-electron chi connectivity index (χ0n) is 9.16. The summed E-state index contributed by atoms with van der Waals surface area (Å²) in [5.41, 5.74) is 0.398. The molecule has 0 amide bonds. The molecule has 4 heteroatoms. The molecule has 1 fully saturated rings. The first kappa shape index (κ1) is 12.2. The summed E-state index contributed by atoms with van der Waals surface area (Å²) in [5, 5.41) is 11.9. The van der Waals surface area contributed by atoms with Crippen LogP contribution in [0, 0.1) is 5.92 Å². The number of aliphatic carboxylic acids is 1. The Morgan fingerprint density at radius 1 is 1.53 bits per heavy atom. The molecule has 0 aromatic heterocycles. The van der Waals surface area contributed by atoms with E-state index in [-0.39, 0.29) is 0 Å². The molecule has 0 radical (unpaired) electrons. The number of nitrogens with one attached hydrogen (secondary N) is 1. The van der Waals surface area contributed by atoms with Gasteiger partial charge in [0.25, 0.3) is 0 Å². The van der Waals surface area contributed by atoms with E-state index in [2.05, 4.69) is 5.32 Å². The Bertz CT molecular complexity index is 232. The second-order valence-electron chi connectivity index (χ2n) is 3.91. The fraction of sp³-hybridized carbons (Fsp3) is 0.727. The molecular weight excluding hydrogens is 194 g/mol. The number of carbonyl (C=O) groups is 1. The number of carboxylic acids is 1. The predicted octanol–water partition coefficient (Wildman–Crippen LogP) is 1.03. The molecule has 1 saturated heterocycles. The summed E-state index contributed by atoms with van der Waals surface area (Å²) in [4.78, 5) is 10.5. The summed E-state index contributed by atoms with van der Waals surface area (Å²) in [6.07, 6.45) is 3.92. The second-order valence-corrected chi connectivity index (χ2v) is 3.91. The third-order valence-electron chi connectivity index (χ3n) is 2.66. The molecule has 86 valence electrons. The van der Waals surface area contributed by atoms with Crippen LogP contribution in [0.3, 0.4) is 0 Å². The molecule has 0 spiro atoms. The van der Waals surface area contributed by atoms with Crippen LogP contribution in [0.5, 0.6) is 0 Å². The third-order valence-corrected chi connectivity index (χ3v) is 2.66. The van der Waals surface area contributed by atoms with Crippen LogP contribution in [0.4, 0.5) is 0 Å². The average Bonchev–Trinajstić information content (AvgIpc) is 2.25. The Morgan fingerprint density at radius 3 is 2.80 bits per heavy atom. The number of carboxylic acid groups (broad SMARTS) is 1. The maximum absolute atomic E-state index is 10.5. The standard InChI is InChI=1S/C11H19NO3/c1-9(11(13)14)2-5-12-8-10-3-6-15-7-4-10/h2,10,12H,3-8H2,1H3,(H,13,14). The van der Waals surface area contributed by atoms with Crippen molar-refractivity contribution in [3.8, 4) is 0 Å². The number of hydrogen-bond acceptors (Lipinski definition) is 3. The highest BCUT2D eigenvalue weighted by Crippen LogP contribution is 2.12. The smallest absolute Gasteiger partial charge is 0.330 e. The van der Waals surface area contributed by atoms with Gasteiger partial charge in [0.2, 0.25) is 0 Å². The average molecular weight is 213 g/mol. The van der Waals surface area contributed by atoms with Gasteiger partial charge in [-0.1, -0.05) is 6.08 Å². The molecule has 1 heterocycles. The maximum Gasteiger partial charge on any atom is 0.330 e.